The van der Waals surface area contributed by atoms with Gasteiger partial charge < -0.3 is 24.3 Å². The summed E-state index contributed by atoms with van der Waals surface area (Å²) < 4.78 is 48.9. The average molecular weight is 465 g/mol. The lowest BCUT2D eigenvalue weighted by atomic mass is 10.1. The second-order valence-electron chi connectivity index (χ2n) is 7.07. The molecule has 1 aliphatic heterocycles. The van der Waals surface area contributed by atoms with E-state index in [0.29, 0.717) is 54.7 Å². The van der Waals surface area contributed by atoms with Crippen LogP contribution in [0, 0.1) is 0 Å². The van der Waals surface area contributed by atoms with Crippen molar-refractivity contribution in [1.29, 1.82) is 0 Å². The van der Waals surface area contributed by atoms with Gasteiger partial charge in [-0.05, 0) is 17.7 Å². The predicted molar refractivity (Wildman–Crippen MR) is 118 cm³/mol. The number of benzene rings is 2. The van der Waals surface area contributed by atoms with Gasteiger partial charge >= 0.3 is 0 Å². The van der Waals surface area contributed by atoms with Crippen LogP contribution in [0.25, 0.3) is 0 Å². The van der Waals surface area contributed by atoms with Crippen molar-refractivity contribution in [2.45, 2.75) is 17.9 Å². The maximum absolute atomic E-state index is 13.1. The van der Waals surface area contributed by atoms with Crippen LogP contribution in [0.1, 0.15) is 11.1 Å². The minimum atomic E-state index is -3.68. The van der Waals surface area contributed by atoms with Gasteiger partial charge in [-0.3, -0.25) is 4.79 Å². The van der Waals surface area contributed by atoms with Crippen LogP contribution in [0.4, 0.5) is 0 Å². The Bertz CT molecular complexity index is 1050. The molecule has 0 radical (unpaired) electrons. The van der Waals surface area contributed by atoms with Crippen molar-refractivity contribution in [3.63, 3.8) is 0 Å². The first kappa shape index (κ1) is 23.8. The number of nitrogens with zero attached hydrogens (tertiary/aromatic N) is 1. The summed E-state index contributed by atoms with van der Waals surface area (Å²) in [4.78, 5) is 12.8. The van der Waals surface area contributed by atoms with E-state index >= 15 is 0 Å². The van der Waals surface area contributed by atoms with E-state index in [2.05, 4.69) is 5.32 Å². The molecule has 1 amide bonds. The molecule has 0 bridgehead atoms. The number of hydrogen-bond acceptors (Lipinski definition) is 7. The van der Waals surface area contributed by atoms with Crippen LogP contribution in [-0.4, -0.2) is 66.3 Å². The third-order valence-electron chi connectivity index (χ3n) is 5.17. The summed E-state index contributed by atoms with van der Waals surface area (Å²) in [7, 11) is 0.832. The van der Waals surface area contributed by atoms with Crippen LogP contribution >= 0.6 is 0 Å². The molecule has 1 N–H and O–H groups in total. The number of morpholine rings is 1. The minimum Gasteiger partial charge on any atom is -0.493 e. The summed E-state index contributed by atoms with van der Waals surface area (Å²) in [5.74, 6) is 1.03. The van der Waals surface area contributed by atoms with Gasteiger partial charge in [-0.25, -0.2) is 8.42 Å². The SMILES string of the molecule is COc1ccc(CC(=O)NCc2ccccc2S(=O)(=O)N2CCOCC2)c(OC)c1OC. The highest BCUT2D eigenvalue weighted by molar-refractivity contribution is 7.89. The Kier molecular flexibility index (Phi) is 7.94. The Hall–Kier alpha value is -2.82. The number of sulfonamides is 1. The Morgan fingerprint density at radius 3 is 2.31 bits per heavy atom. The molecule has 0 unspecified atom stereocenters. The van der Waals surface area contributed by atoms with Crippen molar-refractivity contribution >= 4 is 15.9 Å². The standard InChI is InChI=1S/C22H28N2O7S/c1-28-18-9-8-16(21(29-2)22(18)30-3)14-20(25)23-15-17-6-4-5-7-19(17)32(26,27)24-10-12-31-13-11-24/h4-9H,10-15H2,1-3H3,(H,23,25). The molecule has 0 aliphatic carbocycles. The van der Waals surface area contributed by atoms with Crippen LogP contribution in [0.3, 0.4) is 0 Å². The van der Waals surface area contributed by atoms with E-state index in [-0.39, 0.29) is 23.8 Å². The highest BCUT2D eigenvalue weighted by atomic mass is 32.2. The molecule has 1 saturated heterocycles. The van der Waals surface area contributed by atoms with Gasteiger partial charge in [0.2, 0.25) is 21.7 Å². The van der Waals surface area contributed by atoms with Crippen LogP contribution in [0.15, 0.2) is 41.3 Å². The van der Waals surface area contributed by atoms with Gasteiger partial charge in [0.05, 0.1) is 45.9 Å². The number of carbonyl (C=O) groups excluding carboxylic acids is 1. The fourth-order valence-electron chi connectivity index (χ4n) is 3.56. The molecular weight excluding hydrogens is 436 g/mol. The van der Waals surface area contributed by atoms with Gasteiger partial charge in [-0.2, -0.15) is 4.31 Å². The van der Waals surface area contributed by atoms with E-state index in [1.54, 1.807) is 36.4 Å². The number of nitrogens with one attached hydrogen (secondary N) is 1. The summed E-state index contributed by atoms with van der Waals surface area (Å²) in [6.45, 7) is 1.43. The molecule has 1 aliphatic rings. The second kappa shape index (κ2) is 10.7. The van der Waals surface area contributed by atoms with Gasteiger partial charge in [-0.1, -0.05) is 24.3 Å². The van der Waals surface area contributed by atoms with Crippen molar-refractivity contribution < 1.29 is 32.2 Å². The van der Waals surface area contributed by atoms with Gasteiger partial charge in [-0.15, -0.1) is 0 Å². The molecule has 1 fully saturated rings. The van der Waals surface area contributed by atoms with Crippen molar-refractivity contribution in [3.8, 4) is 17.2 Å². The maximum atomic E-state index is 13.1. The van der Waals surface area contributed by atoms with E-state index in [9.17, 15) is 13.2 Å². The number of ether oxygens (including phenoxy) is 4. The van der Waals surface area contributed by atoms with Crippen LogP contribution in [-0.2, 0) is 32.5 Å². The lowest BCUT2D eigenvalue weighted by Gasteiger charge is -2.27. The Morgan fingerprint density at radius 2 is 1.66 bits per heavy atom. The first-order valence-corrected chi connectivity index (χ1v) is 11.6. The van der Waals surface area contributed by atoms with Crippen LogP contribution in [0.2, 0.25) is 0 Å². The lowest BCUT2D eigenvalue weighted by Crippen LogP contribution is -2.41. The summed E-state index contributed by atoms with van der Waals surface area (Å²) in [6.07, 6.45) is 0.0297. The largest absolute Gasteiger partial charge is 0.493 e. The maximum Gasteiger partial charge on any atom is 0.243 e. The molecule has 0 saturated carbocycles. The molecule has 0 atom stereocenters. The average Bonchev–Trinajstić information content (AvgIpc) is 2.83. The van der Waals surface area contributed by atoms with Gasteiger partial charge in [0.1, 0.15) is 0 Å². The fourth-order valence-corrected chi connectivity index (χ4v) is 5.19. The topological polar surface area (TPSA) is 103 Å². The number of methoxy groups -OCH3 is 3. The highest BCUT2D eigenvalue weighted by Crippen LogP contribution is 2.39. The third-order valence-corrected chi connectivity index (χ3v) is 7.17. The zero-order chi connectivity index (χ0) is 23.1. The normalized spacial score (nSPS) is 14.6. The van der Waals surface area contributed by atoms with Crippen LogP contribution in [0.5, 0.6) is 17.2 Å². The summed E-state index contributed by atoms with van der Waals surface area (Å²) in [5.41, 5.74) is 1.14. The zero-order valence-corrected chi connectivity index (χ0v) is 19.2. The first-order valence-electron chi connectivity index (χ1n) is 10.1. The summed E-state index contributed by atoms with van der Waals surface area (Å²) in [5, 5.41) is 2.81. The monoisotopic (exact) mass is 464 g/mol. The molecular formula is C22H28N2O7S. The molecule has 10 heteroatoms. The molecule has 2 aromatic carbocycles. The van der Waals surface area contributed by atoms with E-state index < -0.39 is 10.0 Å². The number of hydrogen-bond donors (Lipinski definition) is 1. The fraction of sp³-hybridized carbons (Fsp3) is 0.409. The molecule has 0 aromatic heterocycles. The second-order valence-corrected chi connectivity index (χ2v) is 8.98. The quantitative estimate of drug-likeness (QED) is 0.601. The van der Waals surface area contributed by atoms with Gasteiger partial charge in [0.15, 0.2) is 11.5 Å². The minimum absolute atomic E-state index is 0.0297. The third kappa shape index (κ3) is 5.14. The molecule has 9 nitrogen and oxygen atoms in total. The highest BCUT2D eigenvalue weighted by Gasteiger charge is 2.28. The van der Waals surface area contributed by atoms with Gasteiger partial charge in [0.25, 0.3) is 0 Å². The smallest absolute Gasteiger partial charge is 0.243 e. The lowest BCUT2D eigenvalue weighted by molar-refractivity contribution is -0.120. The Labute approximate surface area is 188 Å². The number of amides is 1. The van der Waals surface area contributed by atoms with E-state index in [4.69, 9.17) is 18.9 Å². The summed E-state index contributed by atoms with van der Waals surface area (Å²) >= 11 is 0. The molecule has 0 spiro atoms. The van der Waals surface area contributed by atoms with E-state index in [1.807, 2.05) is 0 Å². The zero-order valence-electron chi connectivity index (χ0n) is 18.4. The molecule has 2 aromatic rings. The Morgan fingerprint density at radius 1 is 0.969 bits per heavy atom. The predicted octanol–water partition coefficient (Wildman–Crippen LogP) is 1.59. The molecule has 174 valence electrons. The van der Waals surface area contributed by atoms with Gasteiger partial charge in [0, 0.05) is 25.2 Å². The van der Waals surface area contributed by atoms with Crippen LogP contribution < -0.4 is 19.5 Å². The van der Waals surface area contributed by atoms with Crippen molar-refractivity contribution in [2.24, 2.45) is 0 Å². The van der Waals surface area contributed by atoms with Crippen molar-refractivity contribution in [2.75, 3.05) is 47.6 Å². The van der Waals surface area contributed by atoms with E-state index in [1.165, 1.54) is 25.6 Å². The van der Waals surface area contributed by atoms with Crippen molar-refractivity contribution in [1.82, 2.24) is 9.62 Å². The summed E-state index contributed by atoms with van der Waals surface area (Å²) in [6, 6.07) is 10.1. The molecule has 3 rings (SSSR count). The molecule has 32 heavy (non-hydrogen) atoms. The van der Waals surface area contributed by atoms with Crippen molar-refractivity contribution in [3.05, 3.63) is 47.5 Å². The number of rotatable bonds is 9. The number of carbonyl (C=O) groups is 1. The molecule has 1 heterocycles. The van der Waals surface area contributed by atoms with E-state index in [0.717, 1.165) is 0 Å². The first-order chi connectivity index (χ1) is 15.4. The Balaban J connectivity index is 1.74.